The fraction of sp³-hybridized carbons (Fsp3) is 0.366. The Balaban J connectivity index is 1.12. The standard InChI is InChI=1S/C41H44N2O7/c1-28(45)34-8-5-9-35(25-34)42-37(46)24-29-10-16-33(17-11-29)40-49-36(26-43-20-18-41(19-21-43)47-22-23-48-41)38(31-6-3-2-4-7-31)39(50-40)32-14-12-30(27-44)13-15-32/h2-17,25,36,38-40,44H,18-24,26-27H2,1H3,(H,42,46)/t36-,38-,39+,40?/m1/s1. The molecule has 3 fully saturated rings. The van der Waals surface area contributed by atoms with Crippen LogP contribution in [0.15, 0.2) is 103 Å². The van der Waals surface area contributed by atoms with Gasteiger partial charge in [0.1, 0.15) is 0 Å². The number of amides is 1. The van der Waals surface area contributed by atoms with E-state index in [0.717, 1.165) is 53.7 Å². The average molecular weight is 677 g/mol. The number of aliphatic hydroxyl groups is 1. The number of nitrogens with one attached hydrogen (secondary N) is 1. The number of rotatable bonds is 10. The summed E-state index contributed by atoms with van der Waals surface area (Å²) in [7, 11) is 0. The van der Waals surface area contributed by atoms with Crippen LogP contribution in [0, 0.1) is 0 Å². The van der Waals surface area contributed by atoms with E-state index in [9.17, 15) is 14.7 Å². The maximum Gasteiger partial charge on any atom is 0.228 e. The molecule has 0 saturated carbocycles. The molecule has 3 aliphatic rings. The summed E-state index contributed by atoms with van der Waals surface area (Å²) in [4.78, 5) is 27.1. The van der Waals surface area contributed by atoms with Crippen LogP contribution in [0.2, 0.25) is 0 Å². The van der Waals surface area contributed by atoms with Gasteiger partial charge in [0.25, 0.3) is 0 Å². The minimum absolute atomic E-state index is 0.0265. The average Bonchev–Trinajstić information content (AvgIpc) is 3.61. The number of Topliss-reactive ketones (excluding diaryl/α,β-unsaturated/α-hetero) is 1. The van der Waals surface area contributed by atoms with Gasteiger partial charge in [0.2, 0.25) is 5.91 Å². The quantitative estimate of drug-likeness (QED) is 0.188. The Morgan fingerprint density at radius 1 is 0.800 bits per heavy atom. The molecule has 4 atom stereocenters. The van der Waals surface area contributed by atoms with Crippen LogP contribution in [0.3, 0.4) is 0 Å². The highest BCUT2D eigenvalue weighted by Crippen LogP contribution is 2.47. The molecule has 3 saturated heterocycles. The van der Waals surface area contributed by atoms with E-state index in [1.165, 1.54) is 6.92 Å². The molecule has 1 unspecified atom stereocenters. The maximum absolute atomic E-state index is 12.9. The van der Waals surface area contributed by atoms with Crippen LogP contribution in [0.25, 0.3) is 0 Å². The number of aliphatic hydroxyl groups excluding tert-OH is 1. The molecule has 2 N–H and O–H groups in total. The molecule has 3 heterocycles. The fourth-order valence-corrected chi connectivity index (χ4v) is 7.28. The van der Waals surface area contributed by atoms with Gasteiger partial charge in [-0.2, -0.15) is 0 Å². The van der Waals surface area contributed by atoms with Gasteiger partial charge in [0.15, 0.2) is 17.9 Å². The molecular weight excluding hydrogens is 632 g/mol. The summed E-state index contributed by atoms with van der Waals surface area (Å²) in [6.45, 7) is 5.18. The predicted molar refractivity (Wildman–Crippen MR) is 189 cm³/mol. The number of ether oxygens (including phenoxy) is 4. The molecule has 9 nitrogen and oxygen atoms in total. The lowest BCUT2D eigenvalue weighted by Gasteiger charge is -2.46. The number of hydrogen-bond donors (Lipinski definition) is 2. The Morgan fingerprint density at radius 2 is 1.48 bits per heavy atom. The van der Waals surface area contributed by atoms with Crippen molar-refractivity contribution in [1.82, 2.24) is 4.90 Å². The van der Waals surface area contributed by atoms with Crippen molar-refractivity contribution in [2.75, 3.05) is 38.2 Å². The SMILES string of the molecule is CC(=O)c1cccc(NC(=O)Cc2ccc(C3O[C@H](CN4CCC5(CC4)OCCO5)[C@@H](c4ccccc4)[C@H](c4ccc(CO)cc4)O3)cc2)c1. The zero-order valence-electron chi connectivity index (χ0n) is 28.3. The van der Waals surface area contributed by atoms with E-state index in [0.29, 0.717) is 31.0 Å². The van der Waals surface area contributed by atoms with Crippen molar-refractivity contribution in [1.29, 1.82) is 0 Å². The van der Waals surface area contributed by atoms with E-state index in [-0.39, 0.29) is 42.8 Å². The minimum Gasteiger partial charge on any atom is -0.392 e. The summed E-state index contributed by atoms with van der Waals surface area (Å²) >= 11 is 0. The summed E-state index contributed by atoms with van der Waals surface area (Å²) in [5.74, 6) is -0.768. The Bertz CT molecular complexity index is 1750. The summed E-state index contributed by atoms with van der Waals surface area (Å²) in [6.07, 6.45) is 0.659. The summed E-state index contributed by atoms with van der Waals surface area (Å²) < 4.78 is 25.8. The Morgan fingerprint density at radius 3 is 2.16 bits per heavy atom. The molecular formula is C41H44N2O7. The Kier molecular flexibility index (Phi) is 10.5. The zero-order valence-corrected chi connectivity index (χ0v) is 28.3. The Labute approximate surface area is 293 Å². The molecule has 50 heavy (non-hydrogen) atoms. The van der Waals surface area contributed by atoms with E-state index in [2.05, 4.69) is 34.5 Å². The Hall–Kier alpha value is -4.22. The van der Waals surface area contributed by atoms with Gasteiger partial charge in [-0.15, -0.1) is 0 Å². The van der Waals surface area contributed by atoms with Gasteiger partial charge in [-0.05, 0) is 41.3 Å². The van der Waals surface area contributed by atoms with Crippen LogP contribution in [-0.2, 0) is 36.8 Å². The highest BCUT2D eigenvalue weighted by Gasteiger charge is 2.45. The lowest BCUT2D eigenvalue weighted by Crippen LogP contribution is -2.50. The number of likely N-dealkylation sites (tertiary alicyclic amines) is 1. The largest absolute Gasteiger partial charge is 0.392 e. The molecule has 1 spiro atoms. The number of anilines is 1. The monoisotopic (exact) mass is 676 g/mol. The van der Waals surface area contributed by atoms with Crippen LogP contribution in [0.1, 0.15) is 76.3 Å². The van der Waals surface area contributed by atoms with Crippen molar-refractivity contribution in [2.24, 2.45) is 0 Å². The van der Waals surface area contributed by atoms with E-state index < -0.39 is 12.1 Å². The summed E-state index contributed by atoms with van der Waals surface area (Å²) in [5, 5.41) is 12.6. The highest BCUT2D eigenvalue weighted by molar-refractivity contribution is 5.97. The molecule has 1 amide bonds. The van der Waals surface area contributed by atoms with Crippen molar-refractivity contribution in [3.8, 4) is 0 Å². The van der Waals surface area contributed by atoms with Crippen molar-refractivity contribution < 1.29 is 33.6 Å². The van der Waals surface area contributed by atoms with Crippen molar-refractivity contribution in [3.05, 3.63) is 137 Å². The molecule has 0 aromatic heterocycles. The van der Waals surface area contributed by atoms with Crippen LogP contribution in [0.5, 0.6) is 0 Å². The topological polar surface area (TPSA) is 107 Å². The van der Waals surface area contributed by atoms with Gasteiger partial charge in [0.05, 0.1) is 38.4 Å². The first-order chi connectivity index (χ1) is 24.4. The van der Waals surface area contributed by atoms with Gasteiger partial charge >= 0.3 is 0 Å². The van der Waals surface area contributed by atoms with Crippen LogP contribution >= 0.6 is 0 Å². The van der Waals surface area contributed by atoms with Gasteiger partial charge in [0, 0.05) is 55.2 Å². The van der Waals surface area contributed by atoms with Crippen LogP contribution in [0.4, 0.5) is 5.69 Å². The second kappa shape index (κ2) is 15.3. The van der Waals surface area contributed by atoms with E-state index in [1.807, 2.05) is 54.6 Å². The van der Waals surface area contributed by atoms with Gasteiger partial charge in [-0.25, -0.2) is 0 Å². The van der Waals surface area contributed by atoms with Gasteiger partial charge in [-0.1, -0.05) is 91.0 Å². The van der Waals surface area contributed by atoms with Crippen molar-refractivity contribution in [3.63, 3.8) is 0 Å². The first-order valence-corrected chi connectivity index (χ1v) is 17.4. The third kappa shape index (κ3) is 7.89. The smallest absolute Gasteiger partial charge is 0.228 e. The summed E-state index contributed by atoms with van der Waals surface area (Å²) in [5.41, 5.74) is 5.85. The predicted octanol–water partition coefficient (Wildman–Crippen LogP) is 6.34. The maximum atomic E-state index is 12.9. The number of nitrogens with zero attached hydrogens (tertiary/aromatic N) is 1. The molecule has 9 heteroatoms. The zero-order chi connectivity index (χ0) is 34.5. The lowest BCUT2D eigenvalue weighted by atomic mass is 9.83. The number of carbonyl (C=O) groups excluding carboxylic acids is 2. The molecule has 0 bridgehead atoms. The third-order valence-electron chi connectivity index (χ3n) is 10.0. The second-order valence-corrected chi connectivity index (χ2v) is 13.4. The van der Waals surface area contributed by atoms with Crippen molar-refractivity contribution in [2.45, 2.75) is 63.0 Å². The molecule has 3 aliphatic heterocycles. The number of hydrogen-bond acceptors (Lipinski definition) is 8. The molecule has 0 aliphatic carbocycles. The normalized spacial score (nSPS) is 23.5. The van der Waals surface area contributed by atoms with E-state index in [4.69, 9.17) is 18.9 Å². The van der Waals surface area contributed by atoms with E-state index >= 15 is 0 Å². The van der Waals surface area contributed by atoms with Gasteiger partial charge in [-0.3, -0.25) is 9.59 Å². The number of piperidine rings is 1. The lowest BCUT2D eigenvalue weighted by molar-refractivity contribution is -0.265. The first kappa shape index (κ1) is 34.2. The molecule has 4 aromatic rings. The fourth-order valence-electron chi connectivity index (χ4n) is 7.28. The third-order valence-corrected chi connectivity index (χ3v) is 10.0. The van der Waals surface area contributed by atoms with E-state index in [1.54, 1.807) is 24.3 Å². The van der Waals surface area contributed by atoms with Crippen LogP contribution in [-0.4, -0.2) is 66.4 Å². The van der Waals surface area contributed by atoms with Crippen LogP contribution < -0.4 is 5.32 Å². The van der Waals surface area contributed by atoms with Crippen molar-refractivity contribution >= 4 is 17.4 Å². The number of ketones is 1. The first-order valence-electron chi connectivity index (χ1n) is 17.4. The second-order valence-electron chi connectivity index (χ2n) is 13.4. The number of benzene rings is 4. The summed E-state index contributed by atoms with van der Waals surface area (Å²) in [6, 6.07) is 33.1. The molecule has 260 valence electrons. The van der Waals surface area contributed by atoms with Gasteiger partial charge < -0.3 is 34.3 Å². The molecule has 0 radical (unpaired) electrons. The molecule has 4 aromatic carbocycles. The highest BCUT2D eigenvalue weighted by atomic mass is 16.7. The molecule has 7 rings (SSSR count). The number of carbonyl (C=O) groups is 2. The minimum atomic E-state index is -0.641.